The van der Waals surface area contributed by atoms with Gasteiger partial charge in [-0.15, -0.1) is 0 Å². The Labute approximate surface area is 169 Å². The topological polar surface area (TPSA) is 127 Å². The fourth-order valence-electron chi connectivity index (χ4n) is 3.60. The van der Waals surface area contributed by atoms with Crippen LogP contribution in [0.2, 0.25) is 0 Å². The molecule has 0 saturated heterocycles. The summed E-state index contributed by atoms with van der Waals surface area (Å²) in [5.74, 6) is 1.49. The van der Waals surface area contributed by atoms with E-state index >= 15 is 0 Å². The van der Waals surface area contributed by atoms with Crippen LogP contribution in [0.4, 0.5) is 0 Å². The fourth-order valence-corrected chi connectivity index (χ4v) is 4.48. The van der Waals surface area contributed by atoms with Crippen molar-refractivity contribution < 1.29 is 35.4 Å². The zero-order valence-electron chi connectivity index (χ0n) is 17.0. The average Bonchev–Trinajstić information content (AvgIpc) is 2.65. The Morgan fingerprint density at radius 2 is 0.857 bits per heavy atom. The molecule has 0 aromatic carbocycles. The minimum absolute atomic E-state index is 0.221. The van der Waals surface area contributed by atoms with E-state index in [1.807, 2.05) is 0 Å². The van der Waals surface area contributed by atoms with Crippen LogP contribution in [0.1, 0.15) is 51.4 Å². The Morgan fingerprint density at radius 3 is 1.07 bits per heavy atom. The van der Waals surface area contributed by atoms with E-state index in [1.54, 1.807) is 0 Å². The molecule has 2 N–H and O–H groups in total. The molecule has 2 aliphatic carbocycles. The molecule has 10 heteroatoms. The molecule has 2 aliphatic rings. The number of hydrogen-bond donors (Lipinski definition) is 2. The summed E-state index contributed by atoms with van der Waals surface area (Å²) in [4.78, 5) is 0. The maximum atomic E-state index is 10.8. The van der Waals surface area contributed by atoms with Crippen LogP contribution in [-0.4, -0.2) is 66.0 Å². The summed E-state index contributed by atoms with van der Waals surface area (Å²) in [6.07, 6.45) is 9.84. The van der Waals surface area contributed by atoms with Gasteiger partial charge in [0.1, 0.15) is 0 Å². The lowest BCUT2D eigenvalue weighted by molar-refractivity contribution is 0.131. The molecule has 0 radical (unpaired) electrons. The molecular formula is C18H36O8S2. The predicted molar refractivity (Wildman–Crippen MR) is 107 cm³/mol. The van der Waals surface area contributed by atoms with Crippen molar-refractivity contribution in [3.63, 3.8) is 0 Å². The van der Waals surface area contributed by atoms with Crippen molar-refractivity contribution in [1.29, 1.82) is 0 Å². The summed E-state index contributed by atoms with van der Waals surface area (Å²) in [5.41, 5.74) is 0. The van der Waals surface area contributed by atoms with Crippen molar-refractivity contribution in [2.75, 3.05) is 38.9 Å². The monoisotopic (exact) mass is 444 g/mol. The zero-order chi connectivity index (χ0) is 21.2. The van der Waals surface area contributed by atoms with Crippen LogP contribution in [0.15, 0.2) is 0 Å². The minimum Gasteiger partial charge on any atom is -0.396 e. The summed E-state index contributed by atoms with van der Waals surface area (Å²) in [7, 11) is -6.74. The first-order valence-corrected chi connectivity index (χ1v) is 13.6. The van der Waals surface area contributed by atoms with E-state index in [4.69, 9.17) is 18.6 Å². The van der Waals surface area contributed by atoms with Crippen LogP contribution in [0.25, 0.3) is 0 Å². The summed E-state index contributed by atoms with van der Waals surface area (Å²) in [6, 6.07) is 0. The van der Waals surface area contributed by atoms with E-state index in [0.717, 1.165) is 63.9 Å². The summed E-state index contributed by atoms with van der Waals surface area (Å²) >= 11 is 0. The molecule has 28 heavy (non-hydrogen) atoms. The van der Waals surface area contributed by atoms with Gasteiger partial charge >= 0.3 is 0 Å². The lowest BCUT2D eigenvalue weighted by atomic mass is 9.83. The quantitative estimate of drug-likeness (QED) is 0.540. The molecular weight excluding hydrogens is 408 g/mol. The van der Waals surface area contributed by atoms with Gasteiger partial charge in [-0.1, -0.05) is 0 Å². The first-order chi connectivity index (χ1) is 13.0. The van der Waals surface area contributed by atoms with Crippen LogP contribution in [-0.2, 0) is 28.6 Å². The Hall–Kier alpha value is -0.260. The second-order valence-electron chi connectivity index (χ2n) is 8.12. The highest BCUT2D eigenvalue weighted by atomic mass is 32.2. The Morgan fingerprint density at radius 1 is 0.607 bits per heavy atom. The van der Waals surface area contributed by atoms with E-state index in [9.17, 15) is 16.8 Å². The molecule has 0 aromatic heterocycles. The van der Waals surface area contributed by atoms with Crippen LogP contribution >= 0.6 is 0 Å². The molecule has 0 amide bonds. The second kappa shape index (κ2) is 12.4. The van der Waals surface area contributed by atoms with E-state index in [1.165, 1.54) is 0 Å². The van der Waals surface area contributed by atoms with Crippen LogP contribution in [0.5, 0.6) is 0 Å². The minimum atomic E-state index is -3.37. The summed E-state index contributed by atoms with van der Waals surface area (Å²) < 4.78 is 52.9. The molecule has 2 saturated carbocycles. The van der Waals surface area contributed by atoms with Gasteiger partial charge in [0, 0.05) is 13.2 Å². The molecule has 168 valence electrons. The first-order valence-electron chi connectivity index (χ1n) is 9.93. The predicted octanol–water partition coefficient (Wildman–Crippen LogP) is 1.52. The molecule has 0 bridgehead atoms. The van der Waals surface area contributed by atoms with Crippen molar-refractivity contribution >= 4 is 20.2 Å². The van der Waals surface area contributed by atoms with Gasteiger partial charge in [-0.3, -0.25) is 8.37 Å². The van der Waals surface area contributed by atoms with Crippen LogP contribution in [0, 0.1) is 23.7 Å². The second-order valence-corrected chi connectivity index (χ2v) is 11.4. The molecule has 2 fully saturated rings. The van der Waals surface area contributed by atoms with E-state index in [2.05, 4.69) is 0 Å². The van der Waals surface area contributed by atoms with Gasteiger partial charge in [-0.25, -0.2) is 0 Å². The standard InChI is InChI=1S/C10H20O6S2.C8H16O2/c1-17(11,12)15-7-9-3-5-10(6-4-9)8-16-18(2,13)14;9-5-7-1-2-8(6-10)4-3-7/h9-10H,3-8H2,1-2H3;7-10H,1-6H2. The number of aliphatic hydroxyl groups is 2. The summed E-state index contributed by atoms with van der Waals surface area (Å²) in [6.45, 7) is 1.10. The van der Waals surface area contributed by atoms with Crippen LogP contribution in [0.3, 0.4) is 0 Å². The molecule has 0 spiro atoms. The number of rotatable bonds is 8. The molecule has 0 unspecified atom stereocenters. The lowest BCUT2D eigenvalue weighted by Gasteiger charge is -2.27. The van der Waals surface area contributed by atoms with Crippen molar-refractivity contribution in [2.24, 2.45) is 23.7 Å². The zero-order valence-corrected chi connectivity index (χ0v) is 18.6. The van der Waals surface area contributed by atoms with E-state index in [-0.39, 0.29) is 25.0 Å². The molecule has 0 atom stereocenters. The number of hydrogen-bond acceptors (Lipinski definition) is 8. The Kier molecular flexibility index (Phi) is 11.5. The van der Waals surface area contributed by atoms with Gasteiger partial charge in [-0.2, -0.15) is 16.8 Å². The van der Waals surface area contributed by atoms with E-state index in [0.29, 0.717) is 25.0 Å². The lowest BCUT2D eigenvalue weighted by Crippen LogP contribution is -2.23. The molecule has 2 rings (SSSR count). The summed E-state index contributed by atoms with van der Waals surface area (Å²) in [5, 5.41) is 17.6. The third-order valence-electron chi connectivity index (χ3n) is 5.48. The third kappa shape index (κ3) is 12.3. The average molecular weight is 445 g/mol. The Balaban J connectivity index is 0.000000330. The van der Waals surface area contributed by atoms with Gasteiger partial charge < -0.3 is 10.2 Å². The van der Waals surface area contributed by atoms with Gasteiger partial charge in [0.05, 0.1) is 25.7 Å². The van der Waals surface area contributed by atoms with Crippen molar-refractivity contribution in [1.82, 2.24) is 0 Å². The maximum Gasteiger partial charge on any atom is 0.264 e. The van der Waals surface area contributed by atoms with Gasteiger partial charge in [0.25, 0.3) is 20.2 Å². The maximum absolute atomic E-state index is 10.8. The van der Waals surface area contributed by atoms with E-state index < -0.39 is 20.2 Å². The van der Waals surface area contributed by atoms with Crippen molar-refractivity contribution in [3.05, 3.63) is 0 Å². The van der Waals surface area contributed by atoms with Gasteiger partial charge in [0.15, 0.2) is 0 Å². The third-order valence-corrected chi connectivity index (χ3v) is 6.61. The Bertz CT molecular complexity index is 560. The first kappa shape index (κ1) is 25.8. The smallest absolute Gasteiger partial charge is 0.264 e. The highest BCUT2D eigenvalue weighted by molar-refractivity contribution is 7.86. The van der Waals surface area contributed by atoms with Gasteiger partial charge in [-0.05, 0) is 75.0 Å². The van der Waals surface area contributed by atoms with Crippen molar-refractivity contribution in [3.8, 4) is 0 Å². The number of aliphatic hydroxyl groups excluding tert-OH is 2. The molecule has 0 heterocycles. The molecule has 0 aromatic rings. The highest BCUT2D eigenvalue weighted by Gasteiger charge is 2.23. The van der Waals surface area contributed by atoms with Crippen LogP contribution < -0.4 is 0 Å². The molecule has 0 aliphatic heterocycles. The fraction of sp³-hybridized carbons (Fsp3) is 1.00. The largest absolute Gasteiger partial charge is 0.396 e. The van der Waals surface area contributed by atoms with Gasteiger partial charge in [0.2, 0.25) is 0 Å². The normalized spacial score (nSPS) is 29.0. The highest BCUT2D eigenvalue weighted by Crippen LogP contribution is 2.29. The SMILES string of the molecule is CS(=O)(=O)OCC1CCC(COS(C)(=O)=O)CC1.OCC1CCC(CO)CC1. The van der Waals surface area contributed by atoms with Crippen molar-refractivity contribution in [2.45, 2.75) is 51.4 Å². The molecule has 8 nitrogen and oxygen atoms in total.